The van der Waals surface area contributed by atoms with Crippen LogP contribution >= 0.6 is 0 Å². The van der Waals surface area contributed by atoms with Crippen LogP contribution in [0.1, 0.15) is 26.3 Å². The van der Waals surface area contributed by atoms with Crippen LogP contribution in [-0.4, -0.2) is 19.6 Å². The Kier molecular flexibility index (Phi) is 4.20. The summed E-state index contributed by atoms with van der Waals surface area (Å²) in [7, 11) is 0. The van der Waals surface area contributed by atoms with Gasteiger partial charge < -0.3 is 0 Å². The molecule has 0 fully saturated rings. The molecule has 0 amide bonds. The summed E-state index contributed by atoms with van der Waals surface area (Å²) in [6, 6.07) is 5.67. The lowest BCUT2D eigenvalue weighted by molar-refractivity contribution is -0.137. The molecule has 1 nitrogen and oxygen atoms in total. The Morgan fingerprint density at radius 3 is 1.94 bits per heavy atom. The molecule has 1 aromatic carbocycles. The first-order valence-electron chi connectivity index (χ1n) is 5.93. The summed E-state index contributed by atoms with van der Waals surface area (Å²) in [5.74, 6) is 0. The van der Waals surface area contributed by atoms with E-state index in [2.05, 4.69) is 0 Å². The van der Waals surface area contributed by atoms with E-state index >= 15 is 0 Å². The third kappa shape index (κ3) is 2.80. The minimum absolute atomic E-state index is 0.562. The van der Waals surface area contributed by atoms with E-state index in [1.807, 2.05) is 20.8 Å². The van der Waals surface area contributed by atoms with E-state index in [-0.39, 0.29) is 0 Å². The first kappa shape index (κ1) is 14.0. The smallest absolute Gasteiger partial charge is 0.292 e. The largest absolute Gasteiger partial charge is 0.416 e. The van der Waals surface area contributed by atoms with Crippen LogP contribution in [0.4, 0.5) is 18.9 Å². The van der Waals surface area contributed by atoms with E-state index < -0.39 is 11.7 Å². The first-order valence-corrected chi connectivity index (χ1v) is 5.93. The zero-order valence-corrected chi connectivity index (χ0v) is 10.5. The maximum Gasteiger partial charge on any atom is 0.416 e. The Morgan fingerprint density at radius 1 is 1.00 bits per heavy atom. The molecule has 0 saturated carbocycles. The van der Waals surface area contributed by atoms with Crippen LogP contribution in [0.15, 0.2) is 24.3 Å². The molecule has 0 aliphatic heterocycles. The summed E-state index contributed by atoms with van der Waals surface area (Å²) in [5, 5.41) is 0. The van der Waals surface area contributed by atoms with Gasteiger partial charge in [-0.1, -0.05) is 6.07 Å². The topological polar surface area (TPSA) is 0 Å². The van der Waals surface area contributed by atoms with Crippen molar-refractivity contribution in [2.45, 2.75) is 26.9 Å². The Bertz CT molecular complexity index is 359. The molecule has 0 bridgehead atoms. The number of hydrogen-bond donors (Lipinski definition) is 0. The highest BCUT2D eigenvalue weighted by Crippen LogP contribution is 2.33. The summed E-state index contributed by atoms with van der Waals surface area (Å²) in [6.45, 7) is 8.42. The number of nitrogens with zero attached hydrogens (tertiary/aromatic N) is 1. The molecule has 1 aromatic rings. The van der Waals surface area contributed by atoms with E-state index in [4.69, 9.17) is 0 Å². The van der Waals surface area contributed by atoms with Gasteiger partial charge in [0, 0.05) is 6.07 Å². The van der Waals surface area contributed by atoms with Gasteiger partial charge in [-0.05, 0) is 32.9 Å². The van der Waals surface area contributed by atoms with Crippen molar-refractivity contribution in [3.8, 4) is 0 Å². The fraction of sp³-hybridized carbons (Fsp3) is 0.538. The molecule has 0 aliphatic carbocycles. The molecule has 0 aliphatic rings. The van der Waals surface area contributed by atoms with Gasteiger partial charge in [-0.2, -0.15) is 13.2 Å². The monoisotopic (exact) mass is 246 g/mol. The standard InChI is InChI=1S/C13H19F3N/c1-4-17(5-2,6-3)12-9-7-8-11(10-12)13(14,15)16/h7-10H,4-6H2,1-3H3/q+1. The summed E-state index contributed by atoms with van der Waals surface area (Å²) in [5.41, 5.74) is 0.181. The van der Waals surface area contributed by atoms with Gasteiger partial charge in [-0.3, -0.25) is 4.48 Å². The predicted molar refractivity (Wildman–Crippen MR) is 64.9 cm³/mol. The van der Waals surface area contributed by atoms with Gasteiger partial charge in [-0.15, -0.1) is 0 Å². The van der Waals surface area contributed by atoms with E-state index in [1.54, 1.807) is 6.07 Å². The quantitative estimate of drug-likeness (QED) is 0.702. The fourth-order valence-corrected chi connectivity index (χ4v) is 2.20. The number of benzene rings is 1. The Balaban J connectivity index is 3.23. The lowest BCUT2D eigenvalue weighted by Crippen LogP contribution is -2.48. The third-order valence-corrected chi connectivity index (χ3v) is 3.54. The molecule has 4 heteroatoms. The van der Waals surface area contributed by atoms with Crippen molar-refractivity contribution in [1.29, 1.82) is 0 Å². The van der Waals surface area contributed by atoms with Crippen molar-refractivity contribution < 1.29 is 13.2 Å². The Hall–Kier alpha value is -1.03. The van der Waals surface area contributed by atoms with E-state index in [1.165, 1.54) is 12.1 Å². The third-order valence-electron chi connectivity index (χ3n) is 3.54. The number of halogens is 3. The summed E-state index contributed by atoms with van der Waals surface area (Å²) < 4.78 is 38.6. The highest BCUT2D eigenvalue weighted by atomic mass is 19.4. The van der Waals surface area contributed by atoms with E-state index in [9.17, 15) is 13.2 Å². The SMILES string of the molecule is CC[N+](CC)(CC)c1cccc(C(F)(F)F)c1. The molecule has 0 atom stereocenters. The molecule has 96 valence electrons. The molecule has 0 spiro atoms. The van der Waals surface area contributed by atoms with Gasteiger partial charge in [0.15, 0.2) is 0 Å². The van der Waals surface area contributed by atoms with Crippen LogP contribution in [0, 0.1) is 0 Å². The molecular formula is C13H19F3N+. The van der Waals surface area contributed by atoms with Gasteiger partial charge in [0.05, 0.1) is 25.2 Å². The molecule has 0 aromatic heterocycles. The lowest BCUT2D eigenvalue weighted by Gasteiger charge is -2.35. The minimum Gasteiger partial charge on any atom is -0.292 e. The van der Waals surface area contributed by atoms with E-state index in [0.29, 0.717) is 4.48 Å². The Labute approximate surface area is 100 Å². The fourth-order valence-electron chi connectivity index (χ4n) is 2.20. The maximum absolute atomic E-state index is 12.7. The van der Waals surface area contributed by atoms with Crippen LogP contribution < -0.4 is 4.48 Å². The van der Waals surface area contributed by atoms with Crippen LogP contribution in [0.5, 0.6) is 0 Å². The average molecular weight is 246 g/mol. The molecule has 0 unspecified atom stereocenters. The summed E-state index contributed by atoms with van der Waals surface area (Å²) in [4.78, 5) is 0. The van der Waals surface area contributed by atoms with Crippen molar-refractivity contribution in [3.05, 3.63) is 29.8 Å². The maximum atomic E-state index is 12.7. The molecule has 0 heterocycles. The zero-order chi connectivity index (χ0) is 13.1. The minimum atomic E-state index is -4.26. The van der Waals surface area contributed by atoms with Gasteiger partial charge in [0.2, 0.25) is 0 Å². The zero-order valence-electron chi connectivity index (χ0n) is 10.5. The van der Waals surface area contributed by atoms with Crippen LogP contribution in [0.3, 0.4) is 0 Å². The number of rotatable bonds is 4. The second kappa shape index (κ2) is 5.08. The van der Waals surface area contributed by atoms with Crippen molar-refractivity contribution in [2.75, 3.05) is 19.6 Å². The van der Waals surface area contributed by atoms with Crippen LogP contribution in [0.2, 0.25) is 0 Å². The van der Waals surface area contributed by atoms with Gasteiger partial charge in [0.25, 0.3) is 0 Å². The second-order valence-electron chi connectivity index (χ2n) is 4.14. The molecule has 0 N–H and O–H groups in total. The van der Waals surface area contributed by atoms with Crippen molar-refractivity contribution >= 4 is 5.69 Å². The summed E-state index contributed by atoms with van der Waals surface area (Å²) in [6.07, 6.45) is -4.26. The Morgan fingerprint density at radius 2 is 1.53 bits per heavy atom. The van der Waals surface area contributed by atoms with Gasteiger partial charge in [0.1, 0.15) is 5.69 Å². The molecule has 0 saturated heterocycles. The lowest BCUT2D eigenvalue weighted by atomic mass is 10.1. The number of hydrogen-bond acceptors (Lipinski definition) is 0. The van der Waals surface area contributed by atoms with Crippen LogP contribution in [0.25, 0.3) is 0 Å². The highest BCUT2D eigenvalue weighted by molar-refractivity contribution is 5.46. The predicted octanol–water partition coefficient (Wildman–Crippen LogP) is 4.07. The first-order chi connectivity index (χ1) is 7.89. The van der Waals surface area contributed by atoms with Crippen molar-refractivity contribution in [3.63, 3.8) is 0 Å². The van der Waals surface area contributed by atoms with Gasteiger partial charge in [-0.25, -0.2) is 0 Å². The van der Waals surface area contributed by atoms with E-state index in [0.717, 1.165) is 31.4 Å². The van der Waals surface area contributed by atoms with Crippen LogP contribution in [-0.2, 0) is 6.18 Å². The number of quaternary nitrogens is 1. The number of alkyl halides is 3. The summed E-state index contributed by atoms with van der Waals surface area (Å²) >= 11 is 0. The highest BCUT2D eigenvalue weighted by Gasteiger charge is 2.33. The normalized spacial score (nSPS) is 12.8. The molecule has 17 heavy (non-hydrogen) atoms. The van der Waals surface area contributed by atoms with Crippen molar-refractivity contribution in [2.24, 2.45) is 0 Å². The average Bonchev–Trinajstić information content (AvgIpc) is 2.31. The van der Waals surface area contributed by atoms with Crippen molar-refractivity contribution in [1.82, 2.24) is 4.48 Å². The molecule has 1 rings (SSSR count). The molecular weight excluding hydrogens is 227 g/mol. The van der Waals surface area contributed by atoms with Gasteiger partial charge >= 0.3 is 6.18 Å². The second-order valence-corrected chi connectivity index (χ2v) is 4.14. The molecule has 0 radical (unpaired) electrons.